The fourth-order valence-electron chi connectivity index (χ4n) is 1.79. The molecule has 5 heteroatoms. The van der Waals surface area contributed by atoms with Gasteiger partial charge in [0.05, 0.1) is 6.54 Å². The lowest BCUT2D eigenvalue weighted by atomic mass is 10.0. The van der Waals surface area contributed by atoms with Crippen LogP contribution in [0.25, 0.3) is 0 Å². The van der Waals surface area contributed by atoms with Crippen LogP contribution >= 0.6 is 0 Å². The van der Waals surface area contributed by atoms with Gasteiger partial charge in [-0.05, 0) is 32.1 Å². The van der Waals surface area contributed by atoms with Crippen LogP contribution in [-0.2, 0) is 11.2 Å². The third kappa shape index (κ3) is 5.40. The zero-order valence-electron chi connectivity index (χ0n) is 12.4. The van der Waals surface area contributed by atoms with E-state index < -0.39 is 0 Å². The van der Waals surface area contributed by atoms with Gasteiger partial charge in [0.15, 0.2) is 0 Å². The Bertz CT molecular complexity index is 458. The maximum Gasteiger partial charge on any atom is 0.251 e. The lowest BCUT2D eigenvalue weighted by Gasteiger charge is -2.11. The summed E-state index contributed by atoms with van der Waals surface area (Å²) >= 11 is 0. The summed E-state index contributed by atoms with van der Waals surface area (Å²) in [5, 5.41) is 5.40. The highest BCUT2D eigenvalue weighted by molar-refractivity contribution is 5.97. The van der Waals surface area contributed by atoms with Crippen molar-refractivity contribution in [2.75, 3.05) is 33.7 Å². The van der Waals surface area contributed by atoms with Crippen LogP contribution < -0.4 is 10.6 Å². The summed E-state index contributed by atoms with van der Waals surface area (Å²) < 4.78 is 0. The van der Waals surface area contributed by atoms with E-state index >= 15 is 0 Å². The maximum absolute atomic E-state index is 12.0. The molecule has 110 valence electrons. The second kappa shape index (κ2) is 8.32. The molecule has 1 aromatic rings. The van der Waals surface area contributed by atoms with E-state index in [-0.39, 0.29) is 18.4 Å². The van der Waals surface area contributed by atoms with Gasteiger partial charge in [0, 0.05) is 18.7 Å². The van der Waals surface area contributed by atoms with Crippen LogP contribution in [0.4, 0.5) is 0 Å². The summed E-state index contributed by atoms with van der Waals surface area (Å²) in [5.41, 5.74) is 1.62. The van der Waals surface area contributed by atoms with E-state index in [1.165, 1.54) is 0 Å². The van der Waals surface area contributed by atoms with E-state index in [1.807, 2.05) is 44.1 Å². The molecule has 0 aromatic heterocycles. The van der Waals surface area contributed by atoms with Gasteiger partial charge in [0.25, 0.3) is 5.91 Å². The Kier molecular flexibility index (Phi) is 6.73. The highest BCUT2D eigenvalue weighted by Gasteiger charge is 2.10. The van der Waals surface area contributed by atoms with E-state index in [0.29, 0.717) is 12.1 Å². The number of hydrogen-bond acceptors (Lipinski definition) is 3. The molecule has 0 atom stereocenters. The molecule has 0 spiro atoms. The van der Waals surface area contributed by atoms with Crippen molar-refractivity contribution < 1.29 is 9.59 Å². The molecule has 20 heavy (non-hydrogen) atoms. The summed E-state index contributed by atoms with van der Waals surface area (Å²) in [4.78, 5) is 25.6. The fraction of sp³-hybridized carbons (Fsp3) is 0.467. The molecular formula is C15H23N3O2. The van der Waals surface area contributed by atoms with Crippen molar-refractivity contribution in [3.8, 4) is 0 Å². The van der Waals surface area contributed by atoms with Crippen LogP contribution in [0.5, 0.6) is 0 Å². The van der Waals surface area contributed by atoms with Crippen LogP contribution in [-0.4, -0.2) is 50.4 Å². The number of rotatable bonds is 7. The molecule has 2 N–H and O–H groups in total. The van der Waals surface area contributed by atoms with Crippen molar-refractivity contribution >= 4 is 11.8 Å². The molecule has 2 amide bonds. The summed E-state index contributed by atoms with van der Waals surface area (Å²) in [6.45, 7) is 3.36. The number of carbonyl (C=O) groups is 2. The molecule has 0 saturated heterocycles. The predicted molar refractivity (Wildman–Crippen MR) is 79.7 cm³/mol. The van der Waals surface area contributed by atoms with E-state index in [2.05, 4.69) is 10.6 Å². The number of nitrogens with zero attached hydrogens (tertiary/aromatic N) is 1. The van der Waals surface area contributed by atoms with Crippen LogP contribution in [0, 0.1) is 0 Å². The SMILES string of the molecule is CCc1ccccc1C(=O)NCC(=O)NCCN(C)C. The lowest BCUT2D eigenvalue weighted by molar-refractivity contribution is -0.120. The maximum atomic E-state index is 12.0. The van der Waals surface area contributed by atoms with Gasteiger partial charge in [0.2, 0.25) is 5.91 Å². The van der Waals surface area contributed by atoms with Gasteiger partial charge in [-0.25, -0.2) is 0 Å². The first-order valence-corrected chi connectivity index (χ1v) is 6.82. The first-order valence-electron chi connectivity index (χ1n) is 6.82. The van der Waals surface area contributed by atoms with Gasteiger partial charge in [-0.2, -0.15) is 0 Å². The molecule has 0 unspecified atom stereocenters. The van der Waals surface area contributed by atoms with Crippen molar-refractivity contribution in [2.45, 2.75) is 13.3 Å². The van der Waals surface area contributed by atoms with E-state index in [1.54, 1.807) is 6.07 Å². The van der Waals surface area contributed by atoms with Gasteiger partial charge < -0.3 is 15.5 Å². The zero-order chi connectivity index (χ0) is 15.0. The molecule has 5 nitrogen and oxygen atoms in total. The zero-order valence-corrected chi connectivity index (χ0v) is 12.4. The molecular weight excluding hydrogens is 254 g/mol. The highest BCUT2D eigenvalue weighted by Crippen LogP contribution is 2.08. The van der Waals surface area contributed by atoms with Crippen LogP contribution in [0.15, 0.2) is 24.3 Å². The minimum atomic E-state index is -0.204. The average Bonchev–Trinajstić information content (AvgIpc) is 2.44. The molecule has 1 rings (SSSR count). The molecule has 1 aromatic carbocycles. The van der Waals surface area contributed by atoms with Crippen molar-refractivity contribution in [1.29, 1.82) is 0 Å². The number of hydrogen-bond donors (Lipinski definition) is 2. The third-order valence-corrected chi connectivity index (χ3v) is 2.93. The van der Waals surface area contributed by atoms with Crippen molar-refractivity contribution in [2.24, 2.45) is 0 Å². The Labute approximate surface area is 120 Å². The number of amides is 2. The molecule has 0 saturated carbocycles. The van der Waals surface area contributed by atoms with Crippen molar-refractivity contribution in [1.82, 2.24) is 15.5 Å². The Balaban J connectivity index is 2.41. The van der Waals surface area contributed by atoms with Crippen LogP contribution in [0.2, 0.25) is 0 Å². The largest absolute Gasteiger partial charge is 0.353 e. The molecule has 0 radical (unpaired) electrons. The number of carbonyl (C=O) groups excluding carboxylic acids is 2. The van der Waals surface area contributed by atoms with E-state index in [4.69, 9.17) is 0 Å². The minimum absolute atomic E-state index is 0.00428. The van der Waals surface area contributed by atoms with Gasteiger partial charge in [-0.15, -0.1) is 0 Å². The van der Waals surface area contributed by atoms with Gasteiger partial charge in [-0.3, -0.25) is 9.59 Å². The quantitative estimate of drug-likeness (QED) is 0.769. The first kappa shape index (κ1) is 16.2. The fourth-order valence-corrected chi connectivity index (χ4v) is 1.79. The van der Waals surface area contributed by atoms with Crippen molar-refractivity contribution in [3.05, 3.63) is 35.4 Å². The summed E-state index contributed by atoms with van der Waals surface area (Å²) in [5.74, 6) is -0.376. The predicted octanol–water partition coefficient (Wildman–Crippen LogP) is 0.657. The van der Waals surface area contributed by atoms with Crippen LogP contribution in [0.3, 0.4) is 0 Å². The second-order valence-corrected chi connectivity index (χ2v) is 4.85. The van der Waals surface area contributed by atoms with Gasteiger partial charge in [0.1, 0.15) is 0 Å². The van der Waals surface area contributed by atoms with Gasteiger partial charge in [-0.1, -0.05) is 25.1 Å². The number of likely N-dealkylation sites (N-methyl/N-ethyl adjacent to an activating group) is 1. The number of aryl methyl sites for hydroxylation is 1. The Morgan fingerprint density at radius 3 is 2.50 bits per heavy atom. The Hall–Kier alpha value is -1.88. The molecule has 0 aliphatic carbocycles. The molecule has 0 fully saturated rings. The summed E-state index contributed by atoms with van der Waals surface area (Å²) in [6.07, 6.45) is 0.790. The summed E-state index contributed by atoms with van der Waals surface area (Å²) in [6, 6.07) is 7.43. The van der Waals surface area contributed by atoms with Crippen LogP contribution in [0.1, 0.15) is 22.8 Å². The lowest BCUT2D eigenvalue weighted by Crippen LogP contribution is -2.39. The normalized spacial score (nSPS) is 10.4. The average molecular weight is 277 g/mol. The number of nitrogens with one attached hydrogen (secondary N) is 2. The molecule has 0 heterocycles. The molecule has 0 bridgehead atoms. The smallest absolute Gasteiger partial charge is 0.251 e. The minimum Gasteiger partial charge on any atom is -0.353 e. The topological polar surface area (TPSA) is 61.4 Å². The monoisotopic (exact) mass is 277 g/mol. The van der Waals surface area contributed by atoms with E-state index in [0.717, 1.165) is 18.5 Å². The Morgan fingerprint density at radius 1 is 1.15 bits per heavy atom. The highest BCUT2D eigenvalue weighted by atomic mass is 16.2. The summed E-state index contributed by atoms with van der Waals surface area (Å²) in [7, 11) is 3.88. The second-order valence-electron chi connectivity index (χ2n) is 4.85. The van der Waals surface area contributed by atoms with Gasteiger partial charge >= 0.3 is 0 Å². The standard InChI is InChI=1S/C15H23N3O2/c1-4-12-7-5-6-8-13(12)15(20)17-11-14(19)16-9-10-18(2)3/h5-8H,4,9-11H2,1-3H3,(H,16,19)(H,17,20). The molecule has 0 aliphatic heterocycles. The first-order chi connectivity index (χ1) is 9.54. The van der Waals surface area contributed by atoms with E-state index in [9.17, 15) is 9.59 Å². The molecule has 0 aliphatic rings. The Morgan fingerprint density at radius 2 is 1.85 bits per heavy atom. The third-order valence-electron chi connectivity index (χ3n) is 2.93. The number of benzene rings is 1. The van der Waals surface area contributed by atoms with Crippen molar-refractivity contribution in [3.63, 3.8) is 0 Å².